The van der Waals surface area contributed by atoms with Crippen molar-refractivity contribution >= 4 is 5.91 Å². The Morgan fingerprint density at radius 1 is 1.23 bits per heavy atom. The summed E-state index contributed by atoms with van der Waals surface area (Å²) in [5.74, 6) is 0.629. The summed E-state index contributed by atoms with van der Waals surface area (Å²) < 4.78 is 5.36. The molecule has 2 aromatic rings. The summed E-state index contributed by atoms with van der Waals surface area (Å²) in [5, 5.41) is 3.99. The van der Waals surface area contributed by atoms with E-state index in [-0.39, 0.29) is 5.91 Å². The van der Waals surface area contributed by atoms with Crippen LogP contribution in [0.5, 0.6) is 0 Å². The van der Waals surface area contributed by atoms with Gasteiger partial charge in [-0.3, -0.25) is 4.79 Å². The highest BCUT2D eigenvalue weighted by Gasteiger charge is 2.27. The lowest BCUT2D eigenvalue weighted by Gasteiger charge is -2.33. The first-order valence-electron chi connectivity index (χ1n) is 8.12. The van der Waals surface area contributed by atoms with E-state index in [1.54, 1.807) is 6.07 Å². The quantitative estimate of drug-likeness (QED) is 0.852. The topological polar surface area (TPSA) is 46.3 Å². The van der Waals surface area contributed by atoms with Gasteiger partial charge in [-0.05, 0) is 19.8 Å². The average molecular weight is 298 g/mol. The molecule has 1 aliphatic rings. The maximum absolute atomic E-state index is 12.7. The van der Waals surface area contributed by atoms with Gasteiger partial charge in [-0.2, -0.15) is 0 Å². The van der Waals surface area contributed by atoms with Crippen molar-refractivity contribution in [3.63, 3.8) is 0 Å². The van der Waals surface area contributed by atoms with Crippen LogP contribution in [0.15, 0.2) is 40.9 Å². The van der Waals surface area contributed by atoms with Crippen LogP contribution in [0.2, 0.25) is 0 Å². The summed E-state index contributed by atoms with van der Waals surface area (Å²) in [4.78, 5) is 14.7. The van der Waals surface area contributed by atoms with E-state index in [0.29, 0.717) is 17.5 Å². The molecule has 1 fully saturated rings. The predicted octanol–water partition coefficient (Wildman–Crippen LogP) is 4.14. The first kappa shape index (κ1) is 14.8. The van der Waals surface area contributed by atoms with Crippen molar-refractivity contribution in [1.82, 2.24) is 10.1 Å². The molecule has 0 bridgehead atoms. The number of hydrogen-bond donors (Lipinski definition) is 0. The second-order valence-electron chi connectivity index (χ2n) is 5.83. The molecule has 1 aliphatic carbocycles. The third kappa shape index (κ3) is 3.06. The van der Waals surface area contributed by atoms with E-state index in [0.717, 1.165) is 24.9 Å². The number of aromatic nitrogens is 1. The Hall–Kier alpha value is -2.10. The van der Waals surface area contributed by atoms with Gasteiger partial charge in [0.1, 0.15) is 0 Å². The lowest BCUT2D eigenvalue weighted by atomic mass is 9.94. The fourth-order valence-corrected chi connectivity index (χ4v) is 3.22. The van der Waals surface area contributed by atoms with Gasteiger partial charge in [0.2, 0.25) is 0 Å². The Balaban J connectivity index is 1.78. The summed E-state index contributed by atoms with van der Waals surface area (Å²) in [7, 11) is 0. The number of nitrogens with zero attached hydrogens (tertiary/aromatic N) is 2. The molecule has 0 N–H and O–H groups in total. The van der Waals surface area contributed by atoms with Gasteiger partial charge in [0, 0.05) is 24.2 Å². The van der Waals surface area contributed by atoms with E-state index in [4.69, 9.17) is 4.52 Å². The first-order chi connectivity index (χ1) is 10.8. The van der Waals surface area contributed by atoms with E-state index >= 15 is 0 Å². The van der Waals surface area contributed by atoms with Crippen LogP contribution in [-0.2, 0) is 0 Å². The molecule has 0 radical (unpaired) electrons. The maximum Gasteiger partial charge on any atom is 0.276 e. The molecule has 1 aromatic carbocycles. The molecule has 0 unspecified atom stereocenters. The monoisotopic (exact) mass is 298 g/mol. The van der Waals surface area contributed by atoms with Crippen LogP contribution in [0.4, 0.5) is 0 Å². The minimum atomic E-state index is -0.0136. The van der Waals surface area contributed by atoms with Crippen LogP contribution in [-0.4, -0.2) is 28.6 Å². The minimum Gasteiger partial charge on any atom is -0.355 e. The van der Waals surface area contributed by atoms with E-state index in [2.05, 4.69) is 5.16 Å². The molecule has 1 heterocycles. The normalized spacial score (nSPS) is 15.7. The van der Waals surface area contributed by atoms with Crippen LogP contribution in [0.1, 0.15) is 49.5 Å². The fraction of sp³-hybridized carbons (Fsp3) is 0.444. The molecule has 1 amide bonds. The van der Waals surface area contributed by atoms with Crippen LogP contribution >= 0.6 is 0 Å². The first-order valence-corrected chi connectivity index (χ1v) is 8.12. The van der Waals surface area contributed by atoms with Crippen molar-refractivity contribution in [2.24, 2.45) is 0 Å². The zero-order valence-corrected chi connectivity index (χ0v) is 13.0. The Labute approximate surface area is 131 Å². The Kier molecular flexibility index (Phi) is 4.56. The lowest BCUT2D eigenvalue weighted by Crippen LogP contribution is -2.41. The van der Waals surface area contributed by atoms with E-state index in [9.17, 15) is 4.79 Å². The molecule has 1 aromatic heterocycles. The van der Waals surface area contributed by atoms with E-state index in [1.807, 2.05) is 42.2 Å². The highest BCUT2D eigenvalue weighted by molar-refractivity contribution is 5.93. The minimum absolute atomic E-state index is 0.0136. The number of amides is 1. The summed E-state index contributed by atoms with van der Waals surface area (Å²) in [6.07, 6.45) is 5.90. The largest absolute Gasteiger partial charge is 0.355 e. The highest BCUT2D eigenvalue weighted by atomic mass is 16.5. The fourth-order valence-electron chi connectivity index (χ4n) is 3.22. The Morgan fingerprint density at radius 2 is 1.95 bits per heavy atom. The van der Waals surface area contributed by atoms with Crippen LogP contribution in [0.3, 0.4) is 0 Å². The van der Waals surface area contributed by atoms with Gasteiger partial charge in [0.25, 0.3) is 5.91 Å². The summed E-state index contributed by atoms with van der Waals surface area (Å²) in [5.41, 5.74) is 1.35. The lowest BCUT2D eigenvalue weighted by molar-refractivity contribution is 0.0637. The summed E-state index contributed by atoms with van der Waals surface area (Å²) in [6, 6.07) is 11.8. The SMILES string of the molecule is CCN(C(=O)c1cc(-c2ccccc2)on1)C1CCCCC1. The number of rotatable bonds is 4. The number of benzene rings is 1. The van der Waals surface area contributed by atoms with Crippen molar-refractivity contribution in [2.45, 2.75) is 45.1 Å². The third-order valence-electron chi connectivity index (χ3n) is 4.40. The van der Waals surface area contributed by atoms with Gasteiger partial charge in [-0.15, -0.1) is 0 Å². The van der Waals surface area contributed by atoms with Gasteiger partial charge in [-0.25, -0.2) is 0 Å². The van der Waals surface area contributed by atoms with Crippen LogP contribution in [0, 0.1) is 0 Å². The molecule has 3 rings (SSSR count). The van der Waals surface area contributed by atoms with Gasteiger partial charge in [0.05, 0.1) is 0 Å². The second kappa shape index (κ2) is 6.77. The molecular weight excluding hydrogens is 276 g/mol. The van der Waals surface area contributed by atoms with Crippen molar-refractivity contribution in [2.75, 3.05) is 6.54 Å². The van der Waals surface area contributed by atoms with Gasteiger partial charge < -0.3 is 9.42 Å². The van der Waals surface area contributed by atoms with Gasteiger partial charge in [-0.1, -0.05) is 54.8 Å². The van der Waals surface area contributed by atoms with Crippen molar-refractivity contribution in [3.05, 3.63) is 42.1 Å². The Morgan fingerprint density at radius 3 is 2.64 bits per heavy atom. The molecule has 1 saturated carbocycles. The summed E-state index contributed by atoms with van der Waals surface area (Å²) in [6.45, 7) is 2.75. The molecule has 4 nitrogen and oxygen atoms in total. The van der Waals surface area contributed by atoms with Gasteiger partial charge >= 0.3 is 0 Å². The number of carbonyl (C=O) groups is 1. The van der Waals surface area contributed by atoms with Crippen molar-refractivity contribution in [3.8, 4) is 11.3 Å². The van der Waals surface area contributed by atoms with Crippen molar-refractivity contribution in [1.29, 1.82) is 0 Å². The predicted molar refractivity (Wildman–Crippen MR) is 85.5 cm³/mol. The van der Waals surface area contributed by atoms with E-state index < -0.39 is 0 Å². The van der Waals surface area contributed by atoms with E-state index in [1.165, 1.54) is 19.3 Å². The average Bonchev–Trinajstić information content (AvgIpc) is 3.07. The second-order valence-corrected chi connectivity index (χ2v) is 5.83. The van der Waals surface area contributed by atoms with Crippen LogP contribution in [0.25, 0.3) is 11.3 Å². The number of carbonyl (C=O) groups excluding carboxylic acids is 1. The summed E-state index contributed by atoms with van der Waals surface area (Å²) >= 11 is 0. The molecule has 0 saturated heterocycles. The molecule has 0 atom stereocenters. The third-order valence-corrected chi connectivity index (χ3v) is 4.40. The molecule has 0 aliphatic heterocycles. The standard InChI is InChI=1S/C18H22N2O2/c1-2-20(15-11-7-4-8-12-15)18(21)16-13-17(22-19-16)14-9-5-3-6-10-14/h3,5-6,9-10,13,15H,2,4,7-8,11-12H2,1H3. The smallest absolute Gasteiger partial charge is 0.276 e. The molecule has 0 spiro atoms. The zero-order chi connectivity index (χ0) is 15.4. The Bertz CT molecular complexity index is 615. The zero-order valence-electron chi connectivity index (χ0n) is 13.0. The molecular formula is C18H22N2O2. The molecule has 116 valence electrons. The maximum atomic E-state index is 12.7. The van der Waals surface area contributed by atoms with Crippen LogP contribution < -0.4 is 0 Å². The van der Waals surface area contributed by atoms with Gasteiger partial charge in [0.15, 0.2) is 11.5 Å². The molecule has 22 heavy (non-hydrogen) atoms. The highest BCUT2D eigenvalue weighted by Crippen LogP contribution is 2.25. The van der Waals surface area contributed by atoms with Crippen molar-refractivity contribution < 1.29 is 9.32 Å². The number of hydrogen-bond acceptors (Lipinski definition) is 3. The molecule has 4 heteroatoms.